The minimum atomic E-state index is -4.00. The van der Waals surface area contributed by atoms with Gasteiger partial charge in [0.15, 0.2) is 0 Å². The maximum atomic E-state index is 14.2. The van der Waals surface area contributed by atoms with Crippen LogP contribution in [-0.2, 0) is 9.84 Å². The number of ether oxygens (including phenoxy) is 1. The van der Waals surface area contributed by atoms with Crippen molar-refractivity contribution in [3.05, 3.63) is 112 Å². The Hall–Kier alpha value is -2.89. The molecule has 0 saturated carbocycles. The highest BCUT2D eigenvalue weighted by Crippen LogP contribution is 2.36. The molecule has 0 aromatic heterocycles. The Balaban J connectivity index is 2.43. The SMILES string of the molecule is C=C/C(=C(/c1cccc(OC)c1)c1cc(F)ccc1C)S(=O)(=O)c1cccc(Cl)c1. The monoisotopic (exact) mass is 442 g/mol. The number of hydrogen-bond acceptors (Lipinski definition) is 3. The van der Waals surface area contributed by atoms with Crippen LogP contribution in [0.4, 0.5) is 4.39 Å². The summed E-state index contributed by atoms with van der Waals surface area (Å²) in [6.07, 6.45) is 1.27. The van der Waals surface area contributed by atoms with E-state index in [1.54, 1.807) is 49.4 Å². The molecule has 0 spiro atoms. The molecule has 0 aliphatic rings. The third kappa shape index (κ3) is 4.32. The normalized spacial score (nSPS) is 12.3. The summed E-state index contributed by atoms with van der Waals surface area (Å²) >= 11 is 6.03. The molecule has 0 atom stereocenters. The van der Waals surface area contributed by atoms with E-state index in [4.69, 9.17) is 16.3 Å². The van der Waals surface area contributed by atoms with Crippen LogP contribution in [0.2, 0.25) is 5.02 Å². The molecule has 3 rings (SSSR count). The third-order valence-corrected chi connectivity index (χ3v) is 6.71. The molecule has 0 radical (unpaired) electrons. The molecule has 0 N–H and O–H groups in total. The van der Waals surface area contributed by atoms with Crippen molar-refractivity contribution in [3.63, 3.8) is 0 Å². The van der Waals surface area contributed by atoms with E-state index in [9.17, 15) is 12.8 Å². The van der Waals surface area contributed by atoms with Crippen LogP contribution in [-0.4, -0.2) is 15.5 Å². The van der Waals surface area contributed by atoms with E-state index in [0.717, 1.165) is 5.56 Å². The van der Waals surface area contributed by atoms with Crippen molar-refractivity contribution in [1.82, 2.24) is 0 Å². The topological polar surface area (TPSA) is 43.4 Å². The molecule has 3 nitrogen and oxygen atoms in total. The van der Waals surface area contributed by atoms with Crippen molar-refractivity contribution in [2.75, 3.05) is 7.11 Å². The molecular formula is C24H20ClFO3S. The van der Waals surface area contributed by atoms with E-state index in [1.165, 1.54) is 37.5 Å². The molecule has 6 heteroatoms. The van der Waals surface area contributed by atoms with E-state index in [1.807, 2.05) is 0 Å². The zero-order valence-corrected chi connectivity index (χ0v) is 18.1. The summed E-state index contributed by atoms with van der Waals surface area (Å²) in [6, 6.07) is 17.2. The molecule has 0 heterocycles. The van der Waals surface area contributed by atoms with Gasteiger partial charge in [-0.25, -0.2) is 12.8 Å². The summed E-state index contributed by atoms with van der Waals surface area (Å²) in [5.41, 5.74) is 2.06. The van der Waals surface area contributed by atoms with Crippen LogP contribution in [0.3, 0.4) is 0 Å². The summed E-state index contributed by atoms with van der Waals surface area (Å²) in [6.45, 7) is 5.54. The van der Waals surface area contributed by atoms with Crippen molar-refractivity contribution >= 4 is 27.0 Å². The van der Waals surface area contributed by atoms with Gasteiger partial charge >= 0.3 is 0 Å². The highest BCUT2D eigenvalue weighted by molar-refractivity contribution is 7.95. The van der Waals surface area contributed by atoms with Crippen LogP contribution in [0.15, 0.2) is 89.2 Å². The van der Waals surface area contributed by atoms with Crippen LogP contribution >= 0.6 is 11.6 Å². The lowest BCUT2D eigenvalue weighted by atomic mass is 9.93. The lowest BCUT2D eigenvalue weighted by Gasteiger charge is -2.17. The van der Waals surface area contributed by atoms with Crippen molar-refractivity contribution in [3.8, 4) is 5.75 Å². The molecule has 0 amide bonds. The average molecular weight is 443 g/mol. The predicted octanol–water partition coefficient (Wildman–Crippen LogP) is 6.22. The number of halogens is 2. The zero-order valence-electron chi connectivity index (χ0n) is 16.5. The second-order valence-electron chi connectivity index (χ2n) is 6.60. The standard InChI is InChI=1S/C24H20ClFO3S/c1-4-23(30(27,28)21-10-6-8-18(25)14-21)24(17-7-5-9-20(13-17)29-3)22-15-19(26)12-11-16(22)2/h4-15H,1H2,2-3H3/b24-23+. The van der Waals surface area contributed by atoms with Gasteiger partial charge in [-0.1, -0.05) is 42.4 Å². The fourth-order valence-electron chi connectivity index (χ4n) is 3.18. The van der Waals surface area contributed by atoms with Gasteiger partial charge in [0.25, 0.3) is 0 Å². The lowest BCUT2D eigenvalue weighted by Crippen LogP contribution is -2.08. The van der Waals surface area contributed by atoms with Gasteiger partial charge in [-0.05, 0) is 72.2 Å². The lowest BCUT2D eigenvalue weighted by molar-refractivity contribution is 0.414. The van der Waals surface area contributed by atoms with Crippen LogP contribution < -0.4 is 4.74 Å². The first-order valence-electron chi connectivity index (χ1n) is 9.06. The van der Waals surface area contributed by atoms with Crippen molar-refractivity contribution in [2.45, 2.75) is 11.8 Å². The minimum absolute atomic E-state index is 0.0272. The van der Waals surface area contributed by atoms with Gasteiger partial charge in [0.2, 0.25) is 9.84 Å². The maximum absolute atomic E-state index is 14.2. The molecule has 154 valence electrons. The molecule has 3 aromatic carbocycles. The fourth-order valence-corrected chi connectivity index (χ4v) is 4.94. The zero-order chi connectivity index (χ0) is 21.9. The van der Waals surface area contributed by atoms with Crippen LogP contribution in [0.1, 0.15) is 16.7 Å². The van der Waals surface area contributed by atoms with Crippen LogP contribution in [0.25, 0.3) is 5.57 Å². The van der Waals surface area contributed by atoms with E-state index < -0.39 is 15.7 Å². The first-order chi connectivity index (χ1) is 14.3. The highest BCUT2D eigenvalue weighted by Gasteiger charge is 2.25. The van der Waals surface area contributed by atoms with Gasteiger partial charge in [0, 0.05) is 10.6 Å². The van der Waals surface area contributed by atoms with E-state index in [-0.39, 0.29) is 9.80 Å². The molecule has 0 unspecified atom stereocenters. The highest BCUT2D eigenvalue weighted by atomic mass is 35.5. The van der Waals surface area contributed by atoms with Crippen molar-refractivity contribution in [1.29, 1.82) is 0 Å². The Bertz CT molecular complexity index is 1250. The van der Waals surface area contributed by atoms with E-state index in [2.05, 4.69) is 6.58 Å². The molecule has 0 saturated heterocycles. The van der Waals surface area contributed by atoms with Gasteiger partial charge in [0.1, 0.15) is 11.6 Å². The molecule has 3 aromatic rings. The van der Waals surface area contributed by atoms with Gasteiger partial charge < -0.3 is 4.74 Å². The van der Waals surface area contributed by atoms with Crippen LogP contribution in [0.5, 0.6) is 5.75 Å². The smallest absolute Gasteiger partial charge is 0.207 e. The Labute approximate surface area is 181 Å². The number of sulfone groups is 1. The first-order valence-corrected chi connectivity index (χ1v) is 10.9. The summed E-state index contributed by atoms with van der Waals surface area (Å²) < 4.78 is 46.6. The van der Waals surface area contributed by atoms with Gasteiger partial charge in [-0.15, -0.1) is 0 Å². The number of aryl methyl sites for hydroxylation is 1. The first kappa shape index (κ1) is 21.8. The number of benzene rings is 3. The van der Waals surface area contributed by atoms with Gasteiger partial charge in [0.05, 0.1) is 16.9 Å². The fraction of sp³-hybridized carbons (Fsp3) is 0.0833. The number of rotatable bonds is 6. The summed E-state index contributed by atoms with van der Waals surface area (Å²) in [5.74, 6) is 0.0715. The second kappa shape index (κ2) is 8.86. The Morgan fingerprint density at radius 1 is 1.07 bits per heavy atom. The number of allylic oxidation sites excluding steroid dienone is 1. The summed E-state index contributed by atoms with van der Waals surface area (Å²) in [7, 11) is -2.48. The second-order valence-corrected chi connectivity index (χ2v) is 8.95. The molecule has 0 aliphatic heterocycles. The van der Waals surface area contributed by atoms with Crippen LogP contribution in [0, 0.1) is 12.7 Å². The molecule has 0 aliphatic carbocycles. The number of hydrogen-bond donors (Lipinski definition) is 0. The Kier molecular flexibility index (Phi) is 6.44. The quantitative estimate of drug-likeness (QED) is 0.426. The van der Waals surface area contributed by atoms with E-state index in [0.29, 0.717) is 27.5 Å². The van der Waals surface area contributed by atoms with Crippen molar-refractivity contribution < 1.29 is 17.5 Å². The maximum Gasteiger partial charge on any atom is 0.207 e. The Morgan fingerprint density at radius 2 is 1.80 bits per heavy atom. The van der Waals surface area contributed by atoms with Gasteiger partial charge in [-0.2, -0.15) is 0 Å². The van der Waals surface area contributed by atoms with Gasteiger partial charge in [-0.3, -0.25) is 0 Å². The number of methoxy groups -OCH3 is 1. The molecule has 0 fully saturated rings. The van der Waals surface area contributed by atoms with Crippen molar-refractivity contribution in [2.24, 2.45) is 0 Å². The summed E-state index contributed by atoms with van der Waals surface area (Å²) in [5, 5.41) is 0.296. The third-order valence-electron chi connectivity index (χ3n) is 4.66. The average Bonchev–Trinajstić information content (AvgIpc) is 2.73. The molecule has 30 heavy (non-hydrogen) atoms. The molecular weight excluding hydrogens is 423 g/mol. The molecule has 0 bridgehead atoms. The summed E-state index contributed by atoms with van der Waals surface area (Å²) in [4.78, 5) is -0.0222. The largest absolute Gasteiger partial charge is 0.497 e. The minimum Gasteiger partial charge on any atom is -0.497 e. The Morgan fingerprint density at radius 3 is 2.47 bits per heavy atom. The van der Waals surface area contributed by atoms with E-state index >= 15 is 0 Å². The predicted molar refractivity (Wildman–Crippen MR) is 119 cm³/mol.